The molecule has 2 heterocycles. The molecule has 0 unspecified atom stereocenters. The zero-order chi connectivity index (χ0) is 18.2. The maximum absolute atomic E-state index is 13.2. The highest BCUT2D eigenvalue weighted by molar-refractivity contribution is 5.97. The van der Waals surface area contributed by atoms with Crippen LogP contribution in [-0.4, -0.2) is 20.7 Å². The molecule has 2 aromatic heterocycles. The van der Waals surface area contributed by atoms with Gasteiger partial charge >= 0.3 is 6.18 Å². The smallest absolute Gasteiger partial charge is 0.323 e. The largest absolute Gasteiger partial charge is 0.419 e. The average molecular weight is 353 g/mol. The van der Waals surface area contributed by atoms with Crippen molar-refractivity contribution in [3.63, 3.8) is 0 Å². The molecule has 0 saturated heterocycles. The maximum atomic E-state index is 13.2. The van der Waals surface area contributed by atoms with E-state index in [1.165, 1.54) is 10.8 Å². The second-order valence-electron chi connectivity index (χ2n) is 5.67. The van der Waals surface area contributed by atoms with Crippen LogP contribution in [0.5, 0.6) is 0 Å². The van der Waals surface area contributed by atoms with E-state index in [4.69, 9.17) is 5.26 Å². The van der Waals surface area contributed by atoms with Crippen molar-refractivity contribution in [1.29, 1.82) is 5.26 Å². The van der Waals surface area contributed by atoms with Crippen LogP contribution in [0.3, 0.4) is 0 Å². The van der Waals surface area contributed by atoms with Gasteiger partial charge in [-0.3, -0.25) is 9.48 Å². The van der Waals surface area contributed by atoms with Gasteiger partial charge in [-0.05, 0) is 25.3 Å². The molecule has 0 spiro atoms. The Morgan fingerprint density at radius 3 is 2.56 bits per heavy atom. The van der Waals surface area contributed by atoms with E-state index in [0.717, 1.165) is 18.6 Å². The molecule has 1 saturated carbocycles. The molecule has 1 aliphatic rings. The summed E-state index contributed by atoms with van der Waals surface area (Å²) in [5.41, 5.74) is -3.36. The Kier molecular flexibility index (Phi) is 3.94. The van der Waals surface area contributed by atoms with E-state index in [1.807, 2.05) is 0 Å². The van der Waals surface area contributed by atoms with Crippen LogP contribution in [-0.2, 0) is 16.5 Å². The molecule has 0 atom stereocenters. The number of hydrogen-bond acceptors (Lipinski definition) is 4. The van der Waals surface area contributed by atoms with E-state index in [9.17, 15) is 22.4 Å². The van der Waals surface area contributed by atoms with Crippen LogP contribution in [0.1, 0.15) is 30.5 Å². The fourth-order valence-corrected chi connectivity index (χ4v) is 2.69. The maximum Gasteiger partial charge on any atom is 0.419 e. The van der Waals surface area contributed by atoms with E-state index >= 15 is 0 Å². The van der Waals surface area contributed by atoms with Crippen molar-refractivity contribution in [3.8, 4) is 6.07 Å². The molecular formula is C15H11F4N5O. The van der Waals surface area contributed by atoms with Gasteiger partial charge in [0.15, 0.2) is 11.5 Å². The number of nitrogens with one attached hydrogen (secondary N) is 1. The molecule has 1 aliphatic carbocycles. The van der Waals surface area contributed by atoms with E-state index in [2.05, 4.69) is 15.4 Å². The molecule has 3 rings (SSSR count). The molecule has 25 heavy (non-hydrogen) atoms. The summed E-state index contributed by atoms with van der Waals surface area (Å²) in [6, 6.07) is 2.02. The lowest BCUT2D eigenvalue weighted by Gasteiger charge is -2.40. The quantitative estimate of drug-likeness (QED) is 0.860. The van der Waals surface area contributed by atoms with Gasteiger partial charge < -0.3 is 5.32 Å². The zero-order valence-electron chi connectivity index (χ0n) is 12.6. The summed E-state index contributed by atoms with van der Waals surface area (Å²) in [4.78, 5) is 16.0. The van der Waals surface area contributed by atoms with Gasteiger partial charge in [0.25, 0.3) is 5.91 Å². The highest BCUT2D eigenvalue weighted by Crippen LogP contribution is 2.40. The van der Waals surface area contributed by atoms with Gasteiger partial charge in [0.05, 0.1) is 29.8 Å². The predicted molar refractivity (Wildman–Crippen MR) is 76.6 cm³/mol. The number of alkyl halides is 3. The summed E-state index contributed by atoms with van der Waals surface area (Å²) in [6.45, 7) is 0. The molecule has 1 N–H and O–H groups in total. The van der Waals surface area contributed by atoms with Crippen molar-refractivity contribution in [2.75, 3.05) is 5.32 Å². The van der Waals surface area contributed by atoms with Gasteiger partial charge in [-0.15, -0.1) is 0 Å². The van der Waals surface area contributed by atoms with Crippen molar-refractivity contribution < 1.29 is 22.4 Å². The van der Waals surface area contributed by atoms with Crippen LogP contribution in [0.2, 0.25) is 0 Å². The van der Waals surface area contributed by atoms with Gasteiger partial charge in [0.1, 0.15) is 11.6 Å². The number of amides is 1. The minimum atomic E-state index is -4.78. The SMILES string of the molecule is N#Cc1ncc(NC(=O)C2(n3cc(F)cn3)CCC2)cc1C(F)(F)F. The molecular weight excluding hydrogens is 342 g/mol. The second-order valence-corrected chi connectivity index (χ2v) is 5.67. The van der Waals surface area contributed by atoms with E-state index < -0.39 is 34.7 Å². The van der Waals surface area contributed by atoms with Gasteiger partial charge in [-0.25, -0.2) is 9.37 Å². The molecule has 0 bridgehead atoms. The van der Waals surface area contributed by atoms with Gasteiger partial charge in [-0.2, -0.15) is 23.5 Å². The highest BCUT2D eigenvalue weighted by Gasteiger charge is 2.47. The third-order valence-electron chi connectivity index (χ3n) is 4.15. The number of pyridine rings is 1. The Labute approximate surface area is 139 Å². The van der Waals surface area contributed by atoms with Crippen molar-refractivity contribution in [2.45, 2.75) is 31.0 Å². The lowest BCUT2D eigenvalue weighted by Crippen LogP contribution is -2.51. The minimum Gasteiger partial charge on any atom is -0.323 e. The summed E-state index contributed by atoms with van der Waals surface area (Å²) in [5, 5.41) is 14.9. The number of hydrogen-bond donors (Lipinski definition) is 1. The first-order valence-electron chi connectivity index (χ1n) is 7.26. The third kappa shape index (κ3) is 2.93. The molecule has 10 heteroatoms. The monoisotopic (exact) mass is 353 g/mol. The first-order valence-corrected chi connectivity index (χ1v) is 7.26. The van der Waals surface area contributed by atoms with E-state index in [1.54, 1.807) is 0 Å². The standard InChI is InChI=1S/C15H11F4N5O/c16-9-6-22-24(8-9)14(2-1-3-14)13(25)23-10-4-11(15(17,18)19)12(5-20)21-7-10/h4,6-8H,1-3H2,(H,23,25). The Bertz CT molecular complexity index is 864. The molecule has 1 amide bonds. The molecule has 6 nitrogen and oxygen atoms in total. The Morgan fingerprint density at radius 1 is 1.36 bits per heavy atom. The van der Waals surface area contributed by atoms with Crippen molar-refractivity contribution in [2.24, 2.45) is 0 Å². The average Bonchev–Trinajstić information content (AvgIpc) is 2.92. The number of halogens is 4. The van der Waals surface area contributed by atoms with Crippen molar-refractivity contribution in [1.82, 2.24) is 14.8 Å². The van der Waals surface area contributed by atoms with Crippen LogP contribution in [0.25, 0.3) is 0 Å². The zero-order valence-corrected chi connectivity index (χ0v) is 12.6. The van der Waals surface area contributed by atoms with Crippen molar-refractivity contribution >= 4 is 11.6 Å². The Morgan fingerprint density at radius 2 is 2.08 bits per heavy atom. The van der Waals surface area contributed by atoms with Crippen LogP contribution in [0.15, 0.2) is 24.7 Å². The summed E-state index contributed by atoms with van der Waals surface area (Å²) >= 11 is 0. The number of aromatic nitrogens is 3. The topological polar surface area (TPSA) is 83.6 Å². The first-order chi connectivity index (χ1) is 11.8. The second kappa shape index (κ2) is 5.84. The molecule has 0 radical (unpaired) electrons. The lowest BCUT2D eigenvalue weighted by atomic mass is 9.76. The number of carbonyl (C=O) groups excluding carboxylic acids is 1. The van der Waals surface area contributed by atoms with E-state index in [-0.39, 0.29) is 5.69 Å². The van der Waals surface area contributed by atoms with Crippen LogP contribution in [0.4, 0.5) is 23.2 Å². The summed E-state index contributed by atoms with van der Waals surface area (Å²) in [7, 11) is 0. The molecule has 0 aliphatic heterocycles. The van der Waals surface area contributed by atoms with Crippen molar-refractivity contribution in [3.05, 3.63) is 41.7 Å². The minimum absolute atomic E-state index is 0.199. The molecule has 130 valence electrons. The summed E-state index contributed by atoms with van der Waals surface area (Å²) in [6.07, 6.45) is -0.311. The molecule has 2 aromatic rings. The first kappa shape index (κ1) is 16.9. The summed E-state index contributed by atoms with van der Waals surface area (Å²) < 4.78 is 53.3. The fourth-order valence-electron chi connectivity index (χ4n) is 2.69. The fraction of sp³-hybridized carbons (Fsp3) is 0.333. The lowest BCUT2D eigenvalue weighted by molar-refractivity contribution is -0.138. The highest BCUT2D eigenvalue weighted by atomic mass is 19.4. The normalized spacial score (nSPS) is 16.0. The number of nitrogens with zero attached hydrogens (tertiary/aromatic N) is 4. The van der Waals surface area contributed by atoms with Crippen LogP contribution >= 0.6 is 0 Å². The van der Waals surface area contributed by atoms with E-state index in [0.29, 0.717) is 25.3 Å². The molecule has 0 aromatic carbocycles. The Balaban J connectivity index is 1.89. The number of anilines is 1. The van der Waals surface area contributed by atoms with Gasteiger partial charge in [0, 0.05) is 0 Å². The van der Waals surface area contributed by atoms with Gasteiger partial charge in [0.2, 0.25) is 0 Å². The number of nitriles is 1. The number of carbonyl (C=O) groups is 1. The van der Waals surface area contributed by atoms with Crippen LogP contribution in [0, 0.1) is 17.1 Å². The molecule has 1 fully saturated rings. The third-order valence-corrected chi connectivity index (χ3v) is 4.15. The van der Waals surface area contributed by atoms with Crippen LogP contribution < -0.4 is 5.32 Å². The van der Waals surface area contributed by atoms with Gasteiger partial charge in [-0.1, -0.05) is 0 Å². The number of rotatable bonds is 3. The Hall–Kier alpha value is -2.96. The predicted octanol–water partition coefficient (Wildman–Crippen LogP) is 2.83. The summed E-state index contributed by atoms with van der Waals surface area (Å²) in [5.74, 6) is -1.22.